The molecule has 0 radical (unpaired) electrons. The van der Waals surface area contributed by atoms with E-state index in [1.54, 1.807) is 30.5 Å². The molecule has 18 heavy (non-hydrogen) atoms. The third-order valence-corrected chi connectivity index (χ3v) is 2.95. The van der Waals surface area contributed by atoms with Gasteiger partial charge in [-0.2, -0.15) is 0 Å². The van der Waals surface area contributed by atoms with E-state index in [2.05, 4.69) is 15.3 Å². The van der Waals surface area contributed by atoms with Crippen LogP contribution in [0.25, 0.3) is 0 Å². The Bertz CT molecular complexity index is 583. The van der Waals surface area contributed by atoms with E-state index in [4.69, 9.17) is 41.2 Å². The molecule has 1 aromatic heterocycles. The maximum Gasteiger partial charge on any atom is 0.227 e. The van der Waals surface area contributed by atoms with Crippen LogP contribution in [-0.4, -0.2) is 15.0 Å². The standard InChI is InChI=1S/C11H8Cl2N4S/c12-6-2-1-3-7(13)9(6)17-11-15-5-4-8(16-11)10(14)18/h1-5H,(H2,14,18)(H,15,16,17). The summed E-state index contributed by atoms with van der Waals surface area (Å²) in [5.74, 6) is 0.329. The molecule has 0 saturated heterocycles. The first kappa shape index (κ1) is 13.0. The van der Waals surface area contributed by atoms with Crippen molar-refractivity contribution < 1.29 is 0 Å². The summed E-state index contributed by atoms with van der Waals surface area (Å²) in [5.41, 5.74) is 6.52. The first-order chi connectivity index (χ1) is 8.58. The highest BCUT2D eigenvalue weighted by atomic mass is 35.5. The van der Waals surface area contributed by atoms with Crippen LogP contribution in [0, 0.1) is 0 Å². The van der Waals surface area contributed by atoms with Crippen LogP contribution in [0.15, 0.2) is 30.5 Å². The minimum atomic E-state index is 0.200. The number of hydrogen-bond donors (Lipinski definition) is 2. The van der Waals surface area contributed by atoms with Crippen LogP contribution in [-0.2, 0) is 0 Å². The molecule has 1 heterocycles. The largest absolute Gasteiger partial charge is 0.388 e. The van der Waals surface area contributed by atoms with Gasteiger partial charge in [-0.1, -0.05) is 41.5 Å². The SMILES string of the molecule is NC(=S)c1ccnc(Nc2c(Cl)cccc2Cl)n1. The number of thiocarbonyl (C=S) groups is 1. The third kappa shape index (κ3) is 2.87. The van der Waals surface area contributed by atoms with Crippen molar-refractivity contribution in [1.82, 2.24) is 9.97 Å². The van der Waals surface area contributed by atoms with Gasteiger partial charge in [0.05, 0.1) is 15.7 Å². The first-order valence-corrected chi connectivity index (χ1v) is 6.08. The summed E-state index contributed by atoms with van der Waals surface area (Å²) < 4.78 is 0. The zero-order chi connectivity index (χ0) is 13.1. The van der Waals surface area contributed by atoms with Crippen LogP contribution in [0.3, 0.4) is 0 Å². The van der Waals surface area contributed by atoms with Gasteiger partial charge in [0.2, 0.25) is 5.95 Å². The molecule has 0 aliphatic heterocycles. The van der Waals surface area contributed by atoms with E-state index in [9.17, 15) is 0 Å². The summed E-state index contributed by atoms with van der Waals surface area (Å²) in [6, 6.07) is 6.81. The fourth-order valence-corrected chi connectivity index (χ4v) is 1.89. The number of para-hydroxylation sites is 1. The van der Waals surface area contributed by atoms with Crippen LogP contribution in [0.1, 0.15) is 5.69 Å². The molecule has 0 unspecified atom stereocenters. The minimum Gasteiger partial charge on any atom is -0.388 e. The Morgan fingerprint density at radius 3 is 2.50 bits per heavy atom. The van der Waals surface area contributed by atoms with Gasteiger partial charge in [-0.3, -0.25) is 0 Å². The topological polar surface area (TPSA) is 63.8 Å². The van der Waals surface area contributed by atoms with Crippen molar-refractivity contribution in [2.75, 3.05) is 5.32 Å². The van der Waals surface area contributed by atoms with Crippen molar-refractivity contribution in [2.24, 2.45) is 5.73 Å². The third-order valence-electron chi connectivity index (χ3n) is 2.11. The summed E-state index contributed by atoms with van der Waals surface area (Å²) in [6.07, 6.45) is 1.55. The molecule has 3 N–H and O–H groups in total. The van der Waals surface area contributed by atoms with Gasteiger partial charge in [0.15, 0.2) is 0 Å². The number of hydrogen-bond acceptors (Lipinski definition) is 4. The van der Waals surface area contributed by atoms with E-state index in [0.717, 1.165) is 0 Å². The highest BCUT2D eigenvalue weighted by Crippen LogP contribution is 2.31. The van der Waals surface area contributed by atoms with E-state index in [-0.39, 0.29) is 4.99 Å². The highest BCUT2D eigenvalue weighted by molar-refractivity contribution is 7.80. The minimum absolute atomic E-state index is 0.200. The molecular formula is C11H8Cl2N4S. The molecular weight excluding hydrogens is 291 g/mol. The molecule has 0 bridgehead atoms. The Morgan fingerprint density at radius 2 is 1.89 bits per heavy atom. The molecule has 0 fully saturated rings. The van der Waals surface area contributed by atoms with Gasteiger partial charge >= 0.3 is 0 Å². The van der Waals surface area contributed by atoms with Gasteiger partial charge in [0.1, 0.15) is 10.7 Å². The summed E-state index contributed by atoms with van der Waals surface area (Å²) in [6.45, 7) is 0. The van der Waals surface area contributed by atoms with Gasteiger partial charge in [0, 0.05) is 6.20 Å². The normalized spacial score (nSPS) is 10.1. The second kappa shape index (κ2) is 5.48. The Labute approximate surface area is 119 Å². The second-order valence-corrected chi connectivity index (χ2v) is 4.61. The molecule has 0 atom stereocenters. The van der Waals surface area contributed by atoms with Gasteiger partial charge < -0.3 is 11.1 Å². The Kier molecular flexibility index (Phi) is 3.96. The fraction of sp³-hybridized carbons (Fsp3) is 0. The summed E-state index contributed by atoms with van der Waals surface area (Å²) in [4.78, 5) is 8.39. The van der Waals surface area contributed by atoms with Gasteiger partial charge in [-0.05, 0) is 18.2 Å². The lowest BCUT2D eigenvalue weighted by Gasteiger charge is -2.09. The lowest BCUT2D eigenvalue weighted by Crippen LogP contribution is -2.12. The van der Waals surface area contributed by atoms with Crippen molar-refractivity contribution in [3.05, 3.63) is 46.2 Å². The van der Waals surface area contributed by atoms with E-state index in [1.165, 1.54) is 0 Å². The molecule has 0 aliphatic rings. The smallest absolute Gasteiger partial charge is 0.227 e. The lowest BCUT2D eigenvalue weighted by molar-refractivity contribution is 1.15. The monoisotopic (exact) mass is 298 g/mol. The molecule has 1 aromatic carbocycles. The average molecular weight is 299 g/mol. The highest BCUT2D eigenvalue weighted by Gasteiger charge is 2.08. The number of halogens is 2. The van der Waals surface area contributed by atoms with Crippen LogP contribution in [0.2, 0.25) is 10.0 Å². The van der Waals surface area contributed by atoms with Crippen molar-refractivity contribution in [3.8, 4) is 0 Å². The van der Waals surface area contributed by atoms with Crippen molar-refractivity contribution in [1.29, 1.82) is 0 Å². The Balaban J connectivity index is 2.34. The summed E-state index contributed by atoms with van der Waals surface area (Å²) in [7, 11) is 0. The molecule has 2 rings (SSSR count). The summed E-state index contributed by atoms with van der Waals surface area (Å²) in [5, 5.41) is 3.89. The zero-order valence-corrected chi connectivity index (χ0v) is 11.4. The van der Waals surface area contributed by atoms with E-state index in [1.807, 2.05) is 0 Å². The number of nitrogens with two attached hydrogens (primary N) is 1. The van der Waals surface area contributed by atoms with Crippen LogP contribution in [0.4, 0.5) is 11.6 Å². The molecule has 92 valence electrons. The average Bonchev–Trinajstić information content (AvgIpc) is 2.34. The van der Waals surface area contributed by atoms with Crippen molar-refractivity contribution in [2.45, 2.75) is 0 Å². The molecule has 2 aromatic rings. The predicted octanol–water partition coefficient (Wildman–Crippen LogP) is 3.16. The number of anilines is 2. The van der Waals surface area contributed by atoms with Crippen LogP contribution >= 0.6 is 35.4 Å². The van der Waals surface area contributed by atoms with E-state index in [0.29, 0.717) is 27.4 Å². The van der Waals surface area contributed by atoms with Crippen molar-refractivity contribution in [3.63, 3.8) is 0 Å². The van der Waals surface area contributed by atoms with E-state index < -0.39 is 0 Å². The number of nitrogens with one attached hydrogen (secondary N) is 1. The molecule has 0 amide bonds. The maximum atomic E-state index is 6.03. The van der Waals surface area contributed by atoms with Crippen LogP contribution in [0.5, 0.6) is 0 Å². The van der Waals surface area contributed by atoms with E-state index >= 15 is 0 Å². The Morgan fingerprint density at radius 1 is 1.22 bits per heavy atom. The van der Waals surface area contributed by atoms with Gasteiger partial charge in [0.25, 0.3) is 0 Å². The number of rotatable bonds is 3. The maximum absolute atomic E-state index is 6.03. The zero-order valence-electron chi connectivity index (χ0n) is 9.02. The van der Waals surface area contributed by atoms with Crippen molar-refractivity contribution >= 4 is 52.0 Å². The van der Waals surface area contributed by atoms with Crippen LogP contribution < -0.4 is 11.1 Å². The number of benzene rings is 1. The molecule has 0 saturated carbocycles. The Hall–Kier alpha value is -1.43. The number of aromatic nitrogens is 2. The lowest BCUT2D eigenvalue weighted by atomic mass is 10.3. The van der Waals surface area contributed by atoms with Gasteiger partial charge in [-0.25, -0.2) is 9.97 Å². The number of nitrogens with zero attached hydrogens (tertiary/aromatic N) is 2. The summed E-state index contributed by atoms with van der Waals surface area (Å²) >= 11 is 16.9. The quantitative estimate of drug-likeness (QED) is 0.852. The molecule has 4 nitrogen and oxygen atoms in total. The predicted molar refractivity (Wildman–Crippen MR) is 77.7 cm³/mol. The molecule has 7 heteroatoms. The molecule has 0 aliphatic carbocycles. The second-order valence-electron chi connectivity index (χ2n) is 3.35. The fourth-order valence-electron chi connectivity index (χ4n) is 1.29. The van der Waals surface area contributed by atoms with Gasteiger partial charge in [-0.15, -0.1) is 0 Å². The molecule has 0 spiro atoms. The first-order valence-electron chi connectivity index (χ1n) is 4.92.